The summed E-state index contributed by atoms with van der Waals surface area (Å²) in [5, 5.41) is 1.86. The predicted octanol–water partition coefficient (Wildman–Crippen LogP) is 1.26. The summed E-state index contributed by atoms with van der Waals surface area (Å²) in [6.45, 7) is 2.18. The number of benzene rings is 2. The molecule has 0 atom stereocenters. The molecule has 3 nitrogen and oxygen atoms in total. The van der Waals surface area contributed by atoms with Crippen molar-refractivity contribution in [3.05, 3.63) is 42.0 Å². The van der Waals surface area contributed by atoms with Gasteiger partial charge in [-0.05, 0) is 41.3 Å². The normalized spacial score (nSPS) is 11.4. The molecule has 0 N–H and O–H groups in total. The van der Waals surface area contributed by atoms with Gasteiger partial charge in [0.15, 0.2) is 0 Å². The summed E-state index contributed by atoms with van der Waals surface area (Å²) in [6.07, 6.45) is 6.60. The zero-order valence-corrected chi connectivity index (χ0v) is 17.3. The van der Waals surface area contributed by atoms with E-state index in [1.54, 1.807) is 6.07 Å². The van der Waals surface area contributed by atoms with Crippen molar-refractivity contribution in [2.75, 3.05) is 0 Å². The van der Waals surface area contributed by atoms with Crippen molar-refractivity contribution in [1.82, 2.24) is 0 Å². The molecule has 0 aliphatic heterocycles. The van der Waals surface area contributed by atoms with Crippen LogP contribution in [0.2, 0.25) is 0 Å². The molecule has 2 rings (SSSR count). The van der Waals surface area contributed by atoms with Crippen LogP contribution in [0.5, 0.6) is 0 Å². The molecule has 0 bridgehead atoms. The summed E-state index contributed by atoms with van der Waals surface area (Å²) in [5.74, 6) is 0. The maximum atomic E-state index is 11.3. The van der Waals surface area contributed by atoms with Crippen LogP contribution in [-0.2, 0) is 16.5 Å². The Hall–Kier alpha value is 0.246. The maximum Gasteiger partial charge on any atom is 1.00 e. The first kappa shape index (κ1) is 20.3. The van der Waals surface area contributed by atoms with Crippen LogP contribution in [0, 0.1) is 0 Å². The number of aryl methyl sites for hydroxylation is 1. The zero-order valence-electron chi connectivity index (χ0n) is 13.3. The first-order chi connectivity index (χ1) is 10.0. The molecule has 0 fully saturated rings. The minimum Gasteiger partial charge on any atom is -0.744 e. The van der Waals surface area contributed by atoms with Gasteiger partial charge < -0.3 is 4.55 Å². The van der Waals surface area contributed by atoms with Gasteiger partial charge in [-0.1, -0.05) is 56.9 Å². The largest absolute Gasteiger partial charge is 1.00 e. The standard InChI is InChI=1S/C17H22O3S.K/c1-2-3-4-5-6-9-14-12-16(21(18,19)20)13-15-10-7-8-11-17(14)15;/h7-8,10-13H,2-6,9H2,1H3,(H,18,19,20);/q;+1/p-1. The number of hydrogen-bond donors (Lipinski definition) is 0. The Bertz CT molecular complexity index is 711. The number of rotatable bonds is 7. The molecule has 22 heavy (non-hydrogen) atoms. The van der Waals surface area contributed by atoms with E-state index in [-0.39, 0.29) is 56.3 Å². The van der Waals surface area contributed by atoms with E-state index in [0.29, 0.717) is 0 Å². The Morgan fingerprint density at radius 3 is 2.36 bits per heavy atom. The second-order valence-corrected chi connectivity index (χ2v) is 6.80. The van der Waals surface area contributed by atoms with Crippen LogP contribution in [0.1, 0.15) is 44.6 Å². The zero-order chi connectivity index (χ0) is 15.3. The maximum absolute atomic E-state index is 11.3. The molecule has 0 heterocycles. The van der Waals surface area contributed by atoms with Crippen LogP contribution in [0.3, 0.4) is 0 Å². The van der Waals surface area contributed by atoms with Gasteiger partial charge in [-0.2, -0.15) is 0 Å². The second-order valence-electron chi connectivity index (χ2n) is 5.42. The Balaban J connectivity index is 0.00000242. The topological polar surface area (TPSA) is 57.2 Å². The Kier molecular flexibility index (Phi) is 8.78. The summed E-state index contributed by atoms with van der Waals surface area (Å²) in [4.78, 5) is -0.121. The van der Waals surface area contributed by atoms with E-state index in [2.05, 4.69) is 6.92 Å². The van der Waals surface area contributed by atoms with Crippen molar-refractivity contribution in [2.24, 2.45) is 0 Å². The van der Waals surface area contributed by atoms with Crippen molar-refractivity contribution in [1.29, 1.82) is 0 Å². The molecule has 5 heteroatoms. The number of unbranched alkanes of at least 4 members (excludes halogenated alkanes) is 4. The molecule has 0 radical (unpaired) electrons. The molecule has 0 aromatic heterocycles. The van der Waals surface area contributed by atoms with Crippen LogP contribution in [0.25, 0.3) is 10.8 Å². The summed E-state index contributed by atoms with van der Waals surface area (Å²) in [7, 11) is -4.41. The van der Waals surface area contributed by atoms with Gasteiger partial charge in [-0.3, -0.25) is 0 Å². The molecule has 0 amide bonds. The van der Waals surface area contributed by atoms with E-state index in [4.69, 9.17) is 0 Å². The van der Waals surface area contributed by atoms with Gasteiger partial charge >= 0.3 is 51.4 Å². The Morgan fingerprint density at radius 2 is 1.68 bits per heavy atom. The van der Waals surface area contributed by atoms with E-state index in [9.17, 15) is 13.0 Å². The molecule has 0 saturated carbocycles. The fourth-order valence-corrected chi connectivity index (χ4v) is 3.19. The van der Waals surface area contributed by atoms with Gasteiger partial charge in [0.05, 0.1) is 4.90 Å². The molecule has 0 unspecified atom stereocenters. The second kappa shape index (κ2) is 9.52. The monoisotopic (exact) mass is 344 g/mol. The van der Waals surface area contributed by atoms with Gasteiger partial charge in [0.1, 0.15) is 10.1 Å². The van der Waals surface area contributed by atoms with Gasteiger partial charge in [0.25, 0.3) is 0 Å². The molecule has 0 aliphatic rings. The molecule has 2 aromatic rings. The predicted molar refractivity (Wildman–Crippen MR) is 84.4 cm³/mol. The third-order valence-electron chi connectivity index (χ3n) is 3.76. The SMILES string of the molecule is CCCCCCCc1cc(S(=O)(=O)[O-])cc2ccccc12.[K+]. The van der Waals surface area contributed by atoms with E-state index < -0.39 is 10.1 Å². The average Bonchev–Trinajstić information content (AvgIpc) is 2.45. The summed E-state index contributed by atoms with van der Waals surface area (Å²) >= 11 is 0. The van der Waals surface area contributed by atoms with Gasteiger partial charge in [-0.15, -0.1) is 0 Å². The van der Waals surface area contributed by atoms with E-state index >= 15 is 0 Å². The minimum absolute atomic E-state index is 0. The van der Waals surface area contributed by atoms with Crippen molar-refractivity contribution >= 4 is 20.9 Å². The molecule has 2 aromatic carbocycles. The van der Waals surface area contributed by atoms with Crippen LogP contribution in [-0.4, -0.2) is 13.0 Å². The van der Waals surface area contributed by atoms with Gasteiger partial charge in [0, 0.05) is 0 Å². The summed E-state index contributed by atoms with van der Waals surface area (Å²) in [5.41, 5.74) is 0.957. The molecular formula is C17H21KO3S. The average molecular weight is 345 g/mol. The molecule has 0 spiro atoms. The smallest absolute Gasteiger partial charge is 0.744 e. The molecular weight excluding hydrogens is 323 g/mol. The number of hydrogen-bond acceptors (Lipinski definition) is 3. The third kappa shape index (κ3) is 5.71. The van der Waals surface area contributed by atoms with Crippen molar-refractivity contribution in [3.8, 4) is 0 Å². The van der Waals surface area contributed by atoms with Crippen LogP contribution in [0.4, 0.5) is 0 Å². The Labute approximate surface area is 175 Å². The first-order valence-electron chi connectivity index (χ1n) is 7.50. The fraction of sp³-hybridized carbons (Fsp3) is 0.412. The molecule has 114 valence electrons. The van der Waals surface area contributed by atoms with E-state index in [0.717, 1.165) is 35.6 Å². The number of fused-ring (bicyclic) bond motifs is 1. The third-order valence-corrected chi connectivity index (χ3v) is 4.57. The quantitative estimate of drug-likeness (QED) is 0.432. The van der Waals surface area contributed by atoms with Crippen LogP contribution < -0.4 is 51.4 Å². The molecule has 0 aliphatic carbocycles. The summed E-state index contributed by atoms with van der Waals surface area (Å²) in [6, 6.07) is 10.6. The summed E-state index contributed by atoms with van der Waals surface area (Å²) < 4.78 is 33.9. The fourth-order valence-electron chi connectivity index (χ4n) is 2.63. The van der Waals surface area contributed by atoms with E-state index in [1.165, 1.54) is 25.3 Å². The van der Waals surface area contributed by atoms with Crippen molar-refractivity contribution in [3.63, 3.8) is 0 Å². The Morgan fingerprint density at radius 1 is 1.00 bits per heavy atom. The van der Waals surface area contributed by atoms with E-state index in [1.807, 2.05) is 24.3 Å². The van der Waals surface area contributed by atoms with Crippen LogP contribution in [0.15, 0.2) is 41.3 Å². The van der Waals surface area contributed by atoms with Crippen LogP contribution >= 0.6 is 0 Å². The van der Waals surface area contributed by atoms with Gasteiger partial charge in [0.2, 0.25) is 0 Å². The van der Waals surface area contributed by atoms with Crippen molar-refractivity contribution in [2.45, 2.75) is 50.3 Å². The minimum atomic E-state index is -4.41. The van der Waals surface area contributed by atoms with Gasteiger partial charge in [-0.25, -0.2) is 8.42 Å². The first-order valence-corrected chi connectivity index (χ1v) is 8.91. The molecule has 0 saturated heterocycles. The van der Waals surface area contributed by atoms with Crippen molar-refractivity contribution < 1.29 is 64.4 Å².